The fourth-order valence-electron chi connectivity index (χ4n) is 3.31. The summed E-state index contributed by atoms with van der Waals surface area (Å²) in [5, 5.41) is 0. The largest absolute Gasteiger partial charge is 0.377 e. The van der Waals surface area contributed by atoms with E-state index < -0.39 is 11.7 Å². The molecule has 0 bridgehead atoms. The van der Waals surface area contributed by atoms with Crippen LogP contribution in [0.25, 0.3) is 11.2 Å². The topological polar surface area (TPSA) is 82.2 Å². The van der Waals surface area contributed by atoms with Crippen molar-refractivity contribution in [2.24, 2.45) is 7.05 Å². The minimum absolute atomic E-state index is 0.0783. The number of carbonyl (C=O) groups excluding carboxylic acids is 1. The normalized spacial score (nSPS) is 14.6. The molecule has 1 aromatic carbocycles. The van der Waals surface area contributed by atoms with Crippen LogP contribution in [0.2, 0.25) is 0 Å². The Bertz CT molecular complexity index is 1080. The van der Waals surface area contributed by atoms with Gasteiger partial charge in [-0.15, -0.1) is 0 Å². The van der Waals surface area contributed by atoms with E-state index in [1.165, 1.54) is 28.8 Å². The summed E-state index contributed by atoms with van der Waals surface area (Å²) in [6.45, 7) is 0.913. The molecule has 0 saturated carbocycles. The fourth-order valence-corrected chi connectivity index (χ4v) is 3.31. The van der Waals surface area contributed by atoms with Crippen molar-refractivity contribution in [2.45, 2.75) is 12.5 Å². The van der Waals surface area contributed by atoms with Crippen LogP contribution in [0.15, 0.2) is 35.3 Å². The number of rotatable bonds is 3. The zero-order chi connectivity index (χ0) is 19.1. The summed E-state index contributed by atoms with van der Waals surface area (Å²) in [6.07, 6.45) is 1.45. The molecule has 8 nitrogen and oxygen atoms in total. The van der Waals surface area contributed by atoms with E-state index in [4.69, 9.17) is 4.74 Å². The summed E-state index contributed by atoms with van der Waals surface area (Å²) in [6, 6.07) is 6.07. The molecule has 0 atom stereocenters. The number of aromatic nitrogens is 4. The minimum atomic E-state index is -0.492. The summed E-state index contributed by atoms with van der Waals surface area (Å²) >= 11 is 0. The van der Waals surface area contributed by atoms with Gasteiger partial charge >= 0.3 is 11.7 Å². The van der Waals surface area contributed by atoms with Gasteiger partial charge < -0.3 is 9.64 Å². The summed E-state index contributed by atoms with van der Waals surface area (Å²) < 4.78 is 21.3. The molecule has 1 aliphatic rings. The first kappa shape index (κ1) is 17.3. The lowest BCUT2D eigenvalue weighted by molar-refractivity contribution is 0.151. The monoisotopic (exact) mass is 371 g/mol. The molecule has 9 heteroatoms. The zero-order valence-corrected chi connectivity index (χ0v) is 14.9. The van der Waals surface area contributed by atoms with Gasteiger partial charge in [-0.05, 0) is 11.6 Å². The molecule has 0 spiro atoms. The molecule has 0 N–H and O–H groups in total. The first-order chi connectivity index (χ1) is 13.0. The highest BCUT2D eigenvalue weighted by Gasteiger charge is 2.35. The lowest BCUT2D eigenvalue weighted by Gasteiger charge is -2.39. The molecule has 27 heavy (non-hydrogen) atoms. The number of halogens is 1. The number of aryl methyl sites for hydroxylation is 1. The van der Waals surface area contributed by atoms with Crippen LogP contribution < -0.4 is 5.69 Å². The lowest BCUT2D eigenvalue weighted by Crippen LogP contribution is -2.52. The molecule has 0 aliphatic carbocycles. The van der Waals surface area contributed by atoms with Crippen LogP contribution in [-0.4, -0.2) is 50.2 Å². The summed E-state index contributed by atoms with van der Waals surface area (Å²) in [5.41, 5.74) is 0.788. The number of hydrogen-bond acceptors (Lipinski definition) is 5. The molecular formula is C18H18FN5O3. The highest BCUT2D eigenvalue weighted by molar-refractivity contribution is 5.88. The van der Waals surface area contributed by atoms with Crippen molar-refractivity contribution in [1.29, 1.82) is 0 Å². The van der Waals surface area contributed by atoms with E-state index in [1.54, 1.807) is 25.2 Å². The second-order valence-corrected chi connectivity index (χ2v) is 6.51. The molecule has 4 rings (SSSR count). The first-order valence-electron chi connectivity index (χ1n) is 8.47. The average Bonchev–Trinajstić information content (AvgIpc) is 2.86. The third-order valence-electron chi connectivity index (χ3n) is 4.80. The summed E-state index contributed by atoms with van der Waals surface area (Å²) in [5.74, 6) is 0.0650. The Kier molecular flexibility index (Phi) is 4.23. The summed E-state index contributed by atoms with van der Waals surface area (Å²) in [7, 11) is 3.08. The number of carbonyl (C=O) groups is 1. The van der Waals surface area contributed by atoms with Gasteiger partial charge in [0.15, 0.2) is 11.5 Å². The van der Waals surface area contributed by atoms with E-state index in [1.807, 2.05) is 0 Å². The quantitative estimate of drug-likeness (QED) is 0.697. The molecule has 3 aromatic rings. The van der Waals surface area contributed by atoms with E-state index in [0.29, 0.717) is 35.6 Å². The molecule has 1 aliphatic heterocycles. The molecule has 1 saturated heterocycles. The SMILES string of the molecule is COCc1ncc2c(n1)n(C)c(=O)n2C(=O)N1CC(c2ccccc2F)C1. The lowest BCUT2D eigenvalue weighted by atomic mass is 9.91. The number of likely N-dealkylation sites (tertiary alicyclic amines) is 1. The molecule has 1 amide bonds. The number of ether oxygens (including phenoxy) is 1. The predicted octanol–water partition coefficient (Wildman–Crippen LogP) is 1.48. The Morgan fingerprint density at radius 3 is 2.78 bits per heavy atom. The molecular weight excluding hydrogens is 353 g/mol. The van der Waals surface area contributed by atoms with Gasteiger partial charge in [0.1, 0.15) is 17.9 Å². The number of hydrogen-bond donors (Lipinski definition) is 0. The Balaban J connectivity index is 1.62. The van der Waals surface area contributed by atoms with Gasteiger partial charge in [0.2, 0.25) is 0 Å². The number of amides is 1. The number of imidazole rings is 1. The number of methoxy groups -OCH3 is 1. The van der Waals surface area contributed by atoms with Gasteiger partial charge in [-0.2, -0.15) is 0 Å². The average molecular weight is 371 g/mol. The molecule has 2 aromatic heterocycles. The highest BCUT2D eigenvalue weighted by Crippen LogP contribution is 2.29. The van der Waals surface area contributed by atoms with Crippen LogP contribution in [0.5, 0.6) is 0 Å². The van der Waals surface area contributed by atoms with Gasteiger partial charge in [0, 0.05) is 33.2 Å². The van der Waals surface area contributed by atoms with Crippen molar-refractivity contribution < 1.29 is 13.9 Å². The number of nitrogens with zero attached hydrogens (tertiary/aromatic N) is 5. The second kappa shape index (κ2) is 6.58. The van der Waals surface area contributed by atoms with Gasteiger partial charge in [-0.3, -0.25) is 4.57 Å². The Labute approximate surface area is 153 Å². The van der Waals surface area contributed by atoms with Crippen molar-refractivity contribution in [3.05, 3.63) is 58.2 Å². The maximum atomic E-state index is 13.9. The van der Waals surface area contributed by atoms with Crippen molar-refractivity contribution in [3.8, 4) is 0 Å². The van der Waals surface area contributed by atoms with E-state index >= 15 is 0 Å². The third-order valence-corrected chi connectivity index (χ3v) is 4.80. The molecule has 3 heterocycles. The van der Waals surface area contributed by atoms with E-state index in [-0.39, 0.29) is 18.3 Å². The predicted molar refractivity (Wildman–Crippen MR) is 95.0 cm³/mol. The molecule has 1 fully saturated rings. The van der Waals surface area contributed by atoms with Crippen LogP contribution in [-0.2, 0) is 18.4 Å². The van der Waals surface area contributed by atoms with Crippen LogP contribution in [0.1, 0.15) is 17.3 Å². The van der Waals surface area contributed by atoms with Gasteiger partial charge in [-0.1, -0.05) is 18.2 Å². The van der Waals surface area contributed by atoms with E-state index in [0.717, 1.165) is 4.57 Å². The summed E-state index contributed by atoms with van der Waals surface area (Å²) in [4.78, 5) is 35.4. The highest BCUT2D eigenvalue weighted by atomic mass is 19.1. The Morgan fingerprint density at radius 1 is 1.33 bits per heavy atom. The van der Waals surface area contributed by atoms with Crippen LogP contribution in [0.3, 0.4) is 0 Å². The van der Waals surface area contributed by atoms with Gasteiger partial charge in [0.05, 0.1) is 6.20 Å². The van der Waals surface area contributed by atoms with E-state index in [9.17, 15) is 14.0 Å². The smallest absolute Gasteiger partial charge is 0.338 e. The molecule has 140 valence electrons. The van der Waals surface area contributed by atoms with Gasteiger partial charge in [-0.25, -0.2) is 28.5 Å². The molecule has 0 radical (unpaired) electrons. The second-order valence-electron chi connectivity index (χ2n) is 6.51. The fraction of sp³-hybridized carbons (Fsp3) is 0.333. The van der Waals surface area contributed by atoms with Gasteiger partial charge in [0.25, 0.3) is 0 Å². The standard InChI is InChI=1S/C18H18FN5O3/c1-22-16-14(7-20-15(21-16)10-27-2)24(17(22)25)18(26)23-8-11(9-23)12-5-3-4-6-13(12)19/h3-7,11H,8-10H2,1-2H3. The molecule has 0 unspecified atom stereocenters. The number of benzene rings is 1. The maximum Gasteiger partial charge on any atom is 0.338 e. The van der Waals surface area contributed by atoms with Crippen molar-refractivity contribution in [2.75, 3.05) is 20.2 Å². The first-order valence-corrected chi connectivity index (χ1v) is 8.47. The minimum Gasteiger partial charge on any atom is -0.377 e. The zero-order valence-electron chi connectivity index (χ0n) is 14.9. The van der Waals surface area contributed by atoms with Crippen LogP contribution >= 0.6 is 0 Å². The van der Waals surface area contributed by atoms with E-state index in [2.05, 4.69) is 9.97 Å². The van der Waals surface area contributed by atoms with Crippen molar-refractivity contribution in [3.63, 3.8) is 0 Å². The van der Waals surface area contributed by atoms with Crippen LogP contribution in [0, 0.1) is 5.82 Å². The maximum absolute atomic E-state index is 13.9. The van der Waals surface area contributed by atoms with Crippen LogP contribution in [0.4, 0.5) is 9.18 Å². The van der Waals surface area contributed by atoms with Crippen molar-refractivity contribution in [1.82, 2.24) is 24.0 Å². The Morgan fingerprint density at radius 2 is 2.07 bits per heavy atom. The van der Waals surface area contributed by atoms with Crippen molar-refractivity contribution >= 4 is 17.2 Å². The Hall–Kier alpha value is -3.07. The number of fused-ring (bicyclic) bond motifs is 1. The third kappa shape index (κ3) is 2.80.